The molecule has 19 heavy (non-hydrogen) atoms. The lowest BCUT2D eigenvalue weighted by Crippen LogP contribution is -2.49. The van der Waals surface area contributed by atoms with Crippen LogP contribution in [0.2, 0.25) is 0 Å². The van der Waals surface area contributed by atoms with Crippen LogP contribution in [0.4, 0.5) is 0 Å². The monoisotopic (exact) mass is 281 g/mol. The number of fused-ring (bicyclic) bond motifs is 3. The molecule has 0 amide bonds. The lowest BCUT2D eigenvalue weighted by atomic mass is 9.81. The van der Waals surface area contributed by atoms with Crippen LogP contribution >= 0.6 is 12.4 Å². The Labute approximate surface area is 122 Å². The Morgan fingerprint density at radius 3 is 3.00 bits per heavy atom. The first-order chi connectivity index (χ1) is 8.90. The Bertz CT molecular complexity index is 409. The Balaban J connectivity index is 0.00000133. The van der Waals surface area contributed by atoms with Gasteiger partial charge in [-0.25, -0.2) is 0 Å². The van der Waals surface area contributed by atoms with E-state index in [0.717, 1.165) is 12.4 Å². The molecule has 1 fully saturated rings. The van der Waals surface area contributed by atoms with Crippen LogP contribution in [0.25, 0.3) is 0 Å². The van der Waals surface area contributed by atoms with E-state index >= 15 is 0 Å². The third-order valence-corrected chi connectivity index (χ3v) is 4.42. The van der Waals surface area contributed by atoms with Gasteiger partial charge in [-0.05, 0) is 44.0 Å². The highest BCUT2D eigenvalue weighted by molar-refractivity contribution is 5.85. The van der Waals surface area contributed by atoms with E-state index < -0.39 is 0 Å². The van der Waals surface area contributed by atoms with Crippen molar-refractivity contribution in [2.75, 3.05) is 19.7 Å². The summed E-state index contributed by atoms with van der Waals surface area (Å²) in [6, 6.07) is 9.22. The molecule has 2 nitrogen and oxygen atoms in total. The largest absolute Gasteiger partial charge is 0.492 e. The fraction of sp³-hybridized carbons (Fsp3) is 0.625. The molecule has 2 atom stereocenters. The summed E-state index contributed by atoms with van der Waals surface area (Å²) in [6.07, 6.45) is 5.25. The van der Waals surface area contributed by atoms with Crippen molar-refractivity contribution in [2.24, 2.45) is 0 Å². The third kappa shape index (κ3) is 2.90. The Morgan fingerprint density at radius 1 is 1.32 bits per heavy atom. The van der Waals surface area contributed by atoms with Crippen molar-refractivity contribution in [1.82, 2.24) is 4.90 Å². The first-order valence-electron chi connectivity index (χ1n) is 7.36. The maximum absolute atomic E-state index is 5.96. The molecule has 0 unspecified atom stereocenters. The Morgan fingerprint density at radius 2 is 2.16 bits per heavy atom. The molecule has 0 saturated carbocycles. The van der Waals surface area contributed by atoms with Crippen LogP contribution in [0.5, 0.6) is 5.75 Å². The van der Waals surface area contributed by atoms with Crippen molar-refractivity contribution in [3.8, 4) is 5.75 Å². The second kappa shape index (κ2) is 6.62. The summed E-state index contributed by atoms with van der Waals surface area (Å²) in [6.45, 7) is 5.65. The molecule has 106 valence electrons. The molecule has 3 rings (SSSR count). The summed E-state index contributed by atoms with van der Waals surface area (Å²) >= 11 is 0. The normalized spacial score (nSPS) is 25.7. The zero-order valence-electron chi connectivity index (χ0n) is 11.7. The molecule has 2 heterocycles. The van der Waals surface area contributed by atoms with Crippen molar-refractivity contribution in [3.63, 3.8) is 0 Å². The SMILES string of the molecule is CCCCN1CCC[C@@H]2c3ccccc3OC[C@H]21.Cl. The molecule has 0 bridgehead atoms. The smallest absolute Gasteiger partial charge is 0.122 e. The van der Waals surface area contributed by atoms with Gasteiger partial charge in [-0.1, -0.05) is 31.5 Å². The zero-order valence-corrected chi connectivity index (χ0v) is 12.5. The van der Waals surface area contributed by atoms with Gasteiger partial charge >= 0.3 is 0 Å². The second-order valence-corrected chi connectivity index (χ2v) is 5.55. The Hall–Kier alpha value is -0.730. The van der Waals surface area contributed by atoms with E-state index in [4.69, 9.17) is 4.74 Å². The number of piperidine rings is 1. The molecule has 1 aromatic carbocycles. The number of halogens is 1. The Kier molecular flexibility index (Phi) is 5.12. The van der Waals surface area contributed by atoms with Gasteiger partial charge in [-0.3, -0.25) is 4.90 Å². The number of benzene rings is 1. The van der Waals surface area contributed by atoms with Crippen molar-refractivity contribution < 1.29 is 4.74 Å². The molecule has 0 spiro atoms. The number of unbranched alkanes of at least 4 members (excludes halogenated alkanes) is 1. The first-order valence-corrected chi connectivity index (χ1v) is 7.36. The summed E-state index contributed by atoms with van der Waals surface area (Å²) in [5.41, 5.74) is 1.44. The molecule has 0 N–H and O–H groups in total. The fourth-order valence-electron chi connectivity index (χ4n) is 3.44. The molecule has 0 aromatic heterocycles. The van der Waals surface area contributed by atoms with Crippen LogP contribution < -0.4 is 4.74 Å². The van der Waals surface area contributed by atoms with Gasteiger partial charge in [0.05, 0.1) is 6.04 Å². The first kappa shape index (κ1) is 14.7. The quantitative estimate of drug-likeness (QED) is 0.834. The van der Waals surface area contributed by atoms with Gasteiger partial charge in [0.15, 0.2) is 0 Å². The minimum Gasteiger partial charge on any atom is -0.492 e. The van der Waals surface area contributed by atoms with Gasteiger partial charge in [-0.15, -0.1) is 12.4 Å². The molecule has 1 aromatic rings. The number of hydrogen-bond acceptors (Lipinski definition) is 2. The zero-order chi connectivity index (χ0) is 12.4. The van der Waals surface area contributed by atoms with E-state index in [1.165, 1.54) is 44.3 Å². The minimum absolute atomic E-state index is 0. The van der Waals surface area contributed by atoms with Gasteiger partial charge in [0.1, 0.15) is 12.4 Å². The van der Waals surface area contributed by atoms with E-state index in [0.29, 0.717) is 12.0 Å². The van der Waals surface area contributed by atoms with Crippen molar-refractivity contribution in [1.29, 1.82) is 0 Å². The summed E-state index contributed by atoms with van der Waals surface area (Å²) in [5.74, 6) is 1.82. The van der Waals surface area contributed by atoms with E-state index in [1.54, 1.807) is 0 Å². The fourth-order valence-corrected chi connectivity index (χ4v) is 3.44. The highest BCUT2D eigenvalue weighted by Crippen LogP contribution is 2.40. The molecular formula is C16H24ClNO. The predicted molar refractivity (Wildman–Crippen MR) is 81.4 cm³/mol. The highest BCUT2D eigenvalue weighted by Gasteiger charge is 2.36. The number of likely N-dealkylation sites (tertiary alicyclic amines) is 1. The van der Waals surface area contributed by atoms with E-state index in [-0.39, 0.29) is 12.4 Å². The van der Waals surface area contributed by atoms with Crippen LogP contribution in [-0.2, 0) is 0 Å². The average Bonchev–Trinajstić information content (AvgIpc) is 2.44. The topological polar surface area (TPSA) is 12.5 Å². The van der Waals surface area contributed by atoms with E-state index in [1.807, 2.05) is 0 Å². The molecule has 1 saturated heterocycles. The highest BCUT2D eigenvalue weighted by atomic mass is 35.5. The van der Waals surface area contributed by atoms with Crippen molar-refractivity contribution >= 4 is 12.4 Å². The molecular weight excluding hydrogens is 258 g/mol. The summed E-state index contributed by atoms with van der Waals surface area (Å²) in [5, 5.41) is 0. The van der Waals surface area contributed by atoms with Crippen LogP contribution in [0.15, 0.2) is 24.3 Å². The molecule has 0 radical (unpaired) electrons. The van der Waals surface area contributed by atoms with Gasteiger partial charge in [0.2, 0.25) is 0 Å². The molecule has 2 aliphatic rings. The van der Waals surface area contributed by atoms with Crippen LogP contribution in [0, 0.1) is 0 Å². The van der Waals surface area contributed by atoms with Gasteiger partial charge < -0.3 is 4.74 Å². The van der Waals surface area contributed by atoms with E-state index in [2.05, 4.69) is 36.1 Å². The lowest BCUT2D eigenvalue weighted by Gasteiger charge is -2.44. The minimum atomic E-state index is 0. The van der Waals surface area contributed by atoms with Crippen molar-refractivity contribution in [3.05, 3.63) is 29.8 Å². The van der Waals surface area contributed by atoms with Crippen molar-refractivity contribution in [2.45, 2.75) is 44.6 Å². The number of para-hydroxylation sites is 1. The standard InChI is InChI=1S/C16H23NO.ClH/c1-2-3-10-17-11-6-8-13-14-7-4-5-9-16(14)18-12-15(13)17;/h4-5,7,9,13,15H,2-3,6,8,10-12H2,1H3;1H/t13-,15-;/m1./s1. The number of ether oxygens (including phenoxy) is 1. The average molecular weight is 282 g/mol. The van der Waals surface area contributed by atoms with Gasteiger partial charge in [-0.2, -0.15) is 0 Å². The number of nitrogens with zero attached hydrogens (tertiary/aromatic N) is 1. The van der Waals surface area contributed by atoms with Gasteiger partial charge in [0.25, 0.3) is 0 Å². The molecule has 3 heteroatoms. The molecule has 2 aliphatic heterocycles. The second-order valence-electron chi connectivity index (χ2n) is 5.55. The maximum Gasteiger partial charge on any atom is 0.122 e. The van der Waals surface area contributed by atoms with Crippen LogP contribution in [-0.4, -0.2) is 30.6 Å². The van der Waals surface area contributed by atoms with Crippen LogP contribution in [0.1, 0.15) is 44.1 Å². The number of rotatable bonds is 3. The van der Waals surface area contributed by atoms with Gasteiger partial charge in [0, 0.05) is 5.92 Å². The molecule has 0 aliphatic carbocycles. The maximum atomic E-state index is 5.96. The number of hydrogen-bond donors (Lipinski definition) is 0. The third-order valence-electron chi connectivity index (χ3n) is 4.42. The van der Waals surface area contributed by atoms with E-state index in [9.17, 15) is 0 Å². The summed E-state index contributed by atoms with van der Waals surface area (Å²) in [7, 11) is 0. The summed E-state index contributed by atoms with van der Waals surface area (Å²) in [4.78, 5) is 2.66. The lowest BCUT2D eigenvalue weighted by molar-refractivity contribution is 0.0648. The predicted octanol–water partition coefficient (Wildman–Crippen LogP) is 3.85. The summed E-state index contributed by atoms with van der Waals surface area (Å²) < 4.78 is 5.96. The van der Waals surface area contributed by atoms with Crippen LogP contribution in [0.3, 0.4) is 0 Å².